The lowest BCUT2D eigenvalue weighted by Gasteiger charge is -2.18. The first kappa shape index (κ1) is 36.2. The van der Waals surface area contributed by atoms with Gasteiger partial charge in [0.25, 0.3) is 0 Å². The lowest BCUT2D eigenvalue weighted by atomic mass is 9.85. The highest BCUT2D eigenvalue weighted by Crippen LogP contribution is 2.23. The maximum absolute atomic E-state index is 11.3. The van der Waals surface area contributed by atoms with Crippen LogP contribution < -0.4 is 0 Å². The molecule has 2 unspecified atom stereocenters. The van der Waals surface area contributed by atoms with Crippen LogP contribution in [0.1, 0.15) is 125 Å². The molecule has 0 aromatic rings. The third-order valence-corrected chi connectivity index (χ3v) is 4.63. The Kier molecular flexibility index (Phi) is 42.6. The molecule has 0 radical (unpaired) electrons. The van der Waals surface area contributed by atoms with Crippen molar-refractivity contribution in [3.8, 4) is 0 Å². The van der Waals surface area contributed by atoms with Gasteiger partial charge in [-0.1, -0.05) is 111 Å². The minimum Gasteiger partial charge on any atom is -0.481 e. The standard InChI is InChI=1S/C21H38O3.2C2H6.CH4O/c1-3-5-7-9-10-12-14-16-19(15-13-11-8-6-4-2)20(18-22)17-21(23)24;3*1-2/h14,16,18-20H,3-13,15,17H2,1-2H3,(H,23,24);2*1-2H3;2H,1H3/b16-14+;;;. The first-order chi connectivity index (χ1) is 14.7. The molecule has 0 aromatic heterocycles. The monoisotopic (exact) mass is 430 g/mol. The van der Waals surface area contributed by atoms with Gasteiger partial charge in [-0.2, -0.15) is 0 Å². The number of aliphatic hydroxyl groups excluding tert-OH is 1. The van der Waals surface area contributed by atoms with Crippen molar-refractivity contribution >= 4 is 12.3 Å². The van der Waals surface area contributed by atoms with Gasteiger partial charge in [-0.3, -0.25) is 4.79 Å². The fourth-order valence-electron chi connectivity index (χ4n) is 3.08. The summed E-state index contributed by atoms with van der Waals surface area (Å²) in [5.74, 6) is -1.18. The quantitative estimate of drug-likeness (QED) is 0.140. The Balaban J connectivity index is -0.000000512. The number of carbonyl (C=O) groups excluding carboxylic acids is 1. The van der Waals surface area contributed by atoms with Gasteiger partial charge in [-0.15, -0.1) is 0 Å². The zero-order valence-electron chi connectivity index (χ0n) is 21.3. The molecule has 0 saturated heterocycles. The van der Waals surface area contributed by atoms with E-state index in [0.717, 1.165) is 32.7 Å². The lowest BCUT2D eigenvalue weighted by Crippen LogP contribution is -2.18. The fourth-order valence-corrected chi connectivity index (χ4v) is 3.08. The zero-order valence-corrected chi connectivity index (χ0v) is 21.3. The second-order valence-corrected chi connectivity index (χ2v) is 6.90. The summed E-state index contributed by atoms with van der Waals surface area (Å²) in [6.45, 7) is 12.4. The number of hydrogen-bond donors (Lipinski definition) is 2. The van der Waals surface area contributed by atoms with E-state index in [2.05, 4.69) is 26.0 Å². The second-order valence-electron chi connectivity index (χ2n) is 6.90. The summed E-state index contributed by atoms with van der Waals surface area (Å²) in [6, 6.07) is 0. The molecule has 0 fully saturated rings. The molecule has 30 heavy (non-hydrogen) atoms. The molecule has 0 spiro atoms. The van der Waals surface area contributed by atoms with Crippen molar-refractivity contribution in [2.45, 2.75) is 125 Å². The average molecular weight is 431 g/mol. The van der Waals surface area contributed by atoms with E-state index in [1.54, 1.807) is 0 Å². The third-order valence-electron chi connectivity index (χ3n) is 4.63. The molecule has 0 heterocycles. The molecule has 0 rings (SSSR count). The third kappa shape index (κ3) is 29.0. The van der Waals surface area contributed by atoms with Crippen LogP contribution in [0.5, 0.6) is 0 Å². The molecule has 2 atom stereocenters. The predicted molar refractivity (Wildman–Crippen MR) is 132 cm³/mol. The van der Waals surface area contributed by atoms with E-state index in [0.29, 0.717) is 0 Å². The molecule has 0 aliphatic heterocycles. The zero-order chi connectivity index (χ0) is 24.0. The normalized spacial score (nSPS) is 11.7. The van der Waals surface area contributed by atoms with Gasteiger partial charge in [0.05, 0.1) is 6.42 Å². The van der Waals surface area contributed by atoms with Gasteiger partial charge in [0, 0.05) is 13.0 Å². The van der Waals surface area contributed by atoms with Crippen molar-refractivity contribution in [2.75, 3.05) is 7.11 Å². The maximum Gasteiger partial charge on any atom is 0.304 e. The average Bonchev–Trinajstić information content (AvgIpc) is 2.79. The van der Waals surface area contributed by atoms with Gasteiger partial charge >= 0.3 is 5.97 Å². The van der Waals surface area contributed by atoms with E-state index in [-0.39, 0.29) is 18.3 Å². The number of carboxylic acid groups (broad SMARTS) is 1. The Labute approximate surface area is 188 Å². The summed E-state index contributed by atoms with van der Waals surface area (Å²) in [6.07, 6.45) is 19.3. The minimum absolute atomic E-state index is 0.0516. The largest absolute Gasteiger partial charge is 0.481 e. The Morgan fingerprint density at radius 1 is 0.767 bits per heavy atom. The van der Waals surface area contributed by atoms with Gasteiger partial charge in [-0.25, -0.2) is 0 Å². The van der Waals surface area contributed by atoms with E-state index in [4.69, 9.17) is 10.2 Å². The van der Waals surface area contributed by atoms with E-state index < -0.39 is 5.97 Å². The summed E-state index contributed by atoms with van der Waals surface area (Å²) < 4.78 is 0. The number of rotatable bonds is 17. The van der Waals surface area contributed by atoms with Crippen LogP contribution in [0.4, 0.5) is 0 Å². The predicted octanol–water partition coefficient (Wildman–Crippen LogP) is 7.83. The van der Waals surface area contributed by atoms with Crippen molar-refractivity contribution in [3.63, 3.8) is 0 Å². The van der Waals surface area contributed by atoms with Gasteiger partial charge in [0.2, 0.25) is 0 Å². The lowest BCUT2D eigenvalue weighted by molar-refractivity contribution is -0.139. The number of aliphatic hydroxyl groups is 1. The highest BCUT2D eigenvalue weighted by molar-refractivity contribution is 5.72. The molecule has 0 bridgehead atoms. The number of unbranched alkanes of at least 4 members (excludes halogenated alkanes) is 9. The van der Waals surface area contributed by atoms with Crippen molar-refractivity contribution in [3.05, 3.63) is 12.2 Å². The first-order valence-corrected chi connectivity index (χ1v) is 12.4. The van der Waals surface area contributed by atoms with Crippen LogP contribution in [0.2, 0.25) is 0 Å². The van der Waals surface area contributed by atoms with Crippen molar-refractivity contribution in [1.29, 1.82) is 0 Å². The van der Waals surface area contributed by atoms with E-state index in [1.165, 1.54) is 57.8 Å². The SMILES string of the molecule is CC.CC.CCCCCCC/C=C/C(CCCCCCC)C(C=O)CC(=O)O.CO. The smallest absolute Gasteiger partial charge is 0.304 e. The molecule has 2 N–H and O–H groups in total. The molecular formula is C26H54O4. The van der Waals surface area contributed by atoms with E-state index >= 15 is 0 Å². The number of carbonyl (C=O) groups is 2. The topological polar surface area (TPSA) is 74.6 Å². The Bertz CT molecular complexity index is 340. The van der Waals surface area contributed by atoms with Crippen molar-refractivity contribution in [2.24, 2.45) is 11.8 Å². The minimum atomic E-state index is -0.879. The van der Waals surface area contributed by atoms with Gasteiger partial charge < -0.3 is 15.0 Å². The molecule has 0 amide bonds. The highest BCUT2D eigenvalue weighted by atomic mass is 16.4. The van der Waals surface area contributed by atoms with Crippen LogP contribution in [0.3, 0.4) is 0 Å². The molecule has 0 saturated carbocycles. The molecule has 4 nitrogen and oxygen atoms in total. The van der Waals surface area contributed by atoms with Gasteiger partial charge in [0.15, 0.2) is 0 Å². The summed E-state index contributed by atoms with van der Waals surface area (Å²) in [5, 5.41) is 16.0. The van der Waals surface area contributed by atoms with Crippen LogP contribution in [-0.4, -0.2) is 29.6 Å². The number of hydrogen-bond acceptors (Lipinski definition) is 3. The van der Waals surface area contributed by atoms with Crippen molar-refractivity contribution in [1.82, 2.24) is 0 Å². The van der Waals surface area contributed by atoms with Crippen LogP contribution in [0.15, 0.2) is 12.2 Å². The van der Waals surface area contributed by atoms with Crippen molar-refractivity contribution < 1.29 is 19.8 Å². The molecule has 0 aliphatic rings. The molecule has 0 aliphatic carbocycles. The Morgan fingerprint density at radius 3 is 1.67 bits per heavy atom. The Hall–Kier alpha value is -1.16. The number of aldehydes is 1. The summed E-state index contributed by atoms with van der Waals surface area (Å²) in [7, 11) is 1.00. The molecule has 0 aromatic carbocycles. The second kappa shape index (κ2) is 35.3. The number of carboxylic acids is 1. The van der Waals surface area contributed by atoms with E-state index in [9.17, 15) is 9.59 Å². The summed E-state index contributed by atoms with van der Waals surface area (Å²) >= 11 is 0. The van der Waals surface area contributed by atoms with Crippen LogP contribution in [-0.2, 0) is 9.59 Å². The molecule has 4 heteroatoms. The van der Waals surface area contributed by atoms with Gasteiger partial charge in [0.1, 0.15) is 6.29 Å². The highest BCUT2D eigenvalue weighted by Gasteiger charge is 2.21. The Morgan fingerprint density at radius 2 is 1.23 bits per heavy atom. The van der Waals surface area contributed by atoms with Crippen LogP contribution >= 0.6 is 0 Å². The van der Waals surface area contributed by atoms with Crippen LogP contribution in [0, 0.1) is 11.8 Å². The fraction of sp³-hybridized carbons (Fsp3) is 0.846. The number of allylic oxidation sites excluding steroid dienone is 2. The van der Waals surface area contributed by atoms with Gasteiger partial charge in [-0.05, 0) is 25.2 Å². The van der Waals surface area contributed by atoms with Crippen LogP contribution in [0.25, 0.3) is 0 Å². The summed E-state index contributed by atoms with van der Waals surface area (Å²) in [5.41, 5.74) is 0. The number of aliphatic carboxylic acids is 1. The molecular weight excluding hydrogens is 376 g/mol. The molecule has 182 valence electrons. The summed E-state index contributed by atoms with van der Waals surface area (Å²) in [4.78, 5) is 22.3. The van der Waals surface area contributed by atoms with E-state index in [1.807, 2.05) is 27.7 Å². The maximum atomic E-state index is 11.3. The first-order valence-electron chi connectivity index (χ1n) is 12.4.